The van der Waals surface area contributed by atoms with Crippen molar-refractivity contribution in [1.29, 1.82) is 0 Å². The fraction of sp³-hybridized carbons (Fsp3) is 0.571. The lowest BCUT2D eigenvalue weighted by Gasteiger charge is -2.38. The van der Waals surface area contributed by atoms with E-state index in [1.807, 2.05) is 7.05 Å². The predicted octanol–water partition coefficient (Wildman–Crippen LogP) is -0.167. The Hall–Kier alpha value is -2.22. The molecule has 0 saturated carbocycles. The van der Waals surface area contributed by atoms with Crippen molar-refractivity contribution in [2.45, 2.75) is 18.9 Å². The summed E-state index contributed by atoms with van der Waals surface area (Å²) in [7, 11) is 3.62. The molecule has 22 heavy (non-hydrogen) atoms. The Morgan fingerprint density at radius 3 is 2.82 bits per heavy atom. The van der Waals surface area contributed by atoms with Crippen LogP contribution in [-0.2, 0) is 9.59 Å². The van der Waals surface area contributed by atoms with Crippen LogP contribution in [0.25, 0.3) is 0 Å². The van der Waals surface area contributed by atoms with Crippen LogP contribution in [0.15, 0.2) is 17.5 Å². The van der Waals surface area contributed by atoms with Gasteiger partial charge in [0, 0.05) is 51.9 Å². The van der Waals surface area contributed by atoms with Crippen molar-refractivity contribution in [3.05, 3.63) is 18.2 Å². The lowest BCUT2D eigenvalue weighted by Crippen LogP contribution is -2.51. The highest BCUT2D eigenvalue weighted by molar-refractivity contribution is 6.39. The molecule has 0 aliphatic carbocycles. The second-order valence-electron chi connectivity index (χ2n) is 5.69. The zero-order valence-electron chi connectivity index (χ0n) is 12.8. The number of amides is 2. The van der Waals surface area contributed by atoms with Crippen molar-refractivity contribution in [2.24, 2.45) is 5.10 Å². The molecule has 8 heteroatoms. The molecule has 8 nitrogen and oxygen atoms in total. The number of carbonyl (C=O) groups is 2. The molecule has 1 N–H and O–H groups in total. The molecule has 0 radical (unpaired) electrons. The summed E-state index contributed by atoms with van der Waals surface area (Å²) in [6, 6.07) is 0.0521. The number of aromatic nitrogens is 2. The van der Waals surface area contributed by atoms with E-state index in [0.717, 1.165) is 12.4 Å². The Balaban J connectivity index is 1.73. The number of nitrogens with zero attached hydrogens (tertiary/aromatic N) is 5. The minimum Gasteiger partial charge on any atom is -0.347 e. The summed E-state index contributed by atoms with van der Waals surface area (Å²) in [6.07, 6.45) is 4.27. The van der Waals surface area contributed by atoms with Gasteiger partial charge in [0.05, 0.1) is 6.04 Å². The van der Waals surface area contributed by atoms with Gasteiger partial charge in [0.1, 0.15) is 11.5 Å². The van der Waals surface area contributed by atoms with Crippen molar-refractivity contribution < 1.29 is 9.59 Å². The van der Waals surface area contributed by atoms with E-state index < -0.39 is 0 Å². The molecule has 1 saturated heterocycles. The van der Waals surface area contributed by atoms with E-state index in [-0.39, 0.29) is 17.9 Å². The molecule has 1 atom stereocenters. The van der Waals surface area contributed by atoms with E-state index in [2.05, 4.69) is 20.0 Å². The van der Waals surface area contributed by atoms with Crippen LogP contribution < -0.4 is 0 Å². The second kappa shape index (κ2) is 5.88. The Bertz CT molecular complexity index is 596. The summed E-state index contributed by atoms with van der Waals surface area (Å²) in [6.45, 7) is 2.00. The number of rotatable bonds is 2. The number of carbonyl (C=O) groups excluding carboxylic acids is 2. The van der Waals surface area contributed by atoms with Crippen molar-refractivity contribution in [3.63, 3.8) is 0 Å². The lowest BCUT2D eigenvalue weighted by molar-refractivity contribution is -0.131. The van der Waals surface area contributed by atoms with E-state index in [4.69, 9.17) is 0 Å². The summed E-state index contributed by atoms with van der Waals surface area (Å²) in [4.78, 5) is 35.5. The highest BCUT2D eigenvalue weighted by Gasteiger charge is 2.33. The molecular formula is C14H20N6O2. The topological polar surface area (TPSA) is 84.9 Å². The smallest absolute Gasteiger partial charge is 0.270 e. The normalized spacial score (nSPS) is 23.6. The molecule has 3 rings (SSSR count). The molecule has 0 spiro atoms. The number of H-pyrrole nitrogens is 1. The zero-order chi connectivity index (χ0) is 15.7. The summed E-state index contributed by atoms with van der Waals surface area (Å²) in [5.74, 6) is 0.727. The molecule has 118 valence electrons. The Morgan fingerprint density at radius 2 is 2.14 bits per heavy atom. The standard InChI is InChI=1S/C14H20N6O2/c1-18-7-8-20(9-11(18)13-15-5-6-16-13)14(22)10-3-4-12(21)19(2)17-10/h5-6,11H,3-4,7-9H2,1-2H3,(H,15,16). The van der Waals surface area contributed by atoms with Crippen molar-refractivity contribution in [2.75, 3.05) is 33.7 Å². The Labute approximate surface area is 128 Å². The second-order valence-corrected chi connectivity index (χ2v) is 5.69. The van der Waals surface area contributed by atoms with E-state index in [0.29, 0.717) is 31.6 Å². The molecule has 2 aliphatic heterocycles. The van der Waals surface area contributed by atoms with Gasteiger partial charge in [-0.2, -0.15) is 5.10 Å². The number of imidazole rings is 1. The molecular weight excluding hydrogens is 284 g/mol. The number of nitrogens with one attached hydrogen (secondary N) is 1. The van der Waals surface area contributed by atoms with Gasteiger partial charge in [0.15, 0.2) is 0 Å². The van der Waals surface area contributed by atoms with Gasteiger partial charge < -0.3 is 9.88 Å². The highest BCUT2D eigenvalue weighted by atomic mass is 16.2. The highest BCUT2D eigenvalue weighted by Crippen LogP contribution is 2.22. The monoisotopic (exact) mass is 304 g/mol. The van der Waals surface area contributed by atoms with Gasteiger partial charge >= 0.3 is 0 Å². The van der Waals surface area contributed by atoms with E-state index >= 15 is 0 Å². The molecule has 1 aromatic rings. The first-order valence-electron chi connectivity index (χ1n) is 7.39. The van der Waals surface area contributed by atoms with Gasteiger partial charge in [0.2, 0.25) is 5.91 Å². The minimum absolute atomic E-state index is 0.0521. The fourth-order valence-corrected chi connectivity index (χ4v) is 2.82. The summed E-state index contributed by atoms with van der Waals surface area (Å²) in [5.41, 5.74) is 0.463. The summed E-state index contributed by atoms with van der Waals surface area (Å²) < 4.78 is 0. The fourth-order valence-electron chi connectivity index (χ4n) is 2.82. The molecule has 0 bridgehead atoms. The largest absolute Gasteiger partial charge is 0.347 e. The third-order valence-corrected chi connectivity index (χ3v) is 4.22. The maximum Gasteiger partial charge on any atom is 0.270 e. The van der Waals surface area contributed by atoms with Crippen molar-refractivity contribution in [1.82, 2.24) is 24.8 Å². The first kappa shape index (κ1) is 14.7. The molecule has 2 amide bonds. The van der Waals surface area contributed by atoms with Crippen LogP contribution in [0, 0.1) is 0 Å². The quantitative estimate of drug-likeness (QED) is 0.822. The predicted molar refractivity (Wildman–Crippen MR) is 80.0 cm³/mol. The Morgan fingerprint density at radius 1 is 1.32 bits per heavy atom. The van der Waals surface area contributed by atoms with Crippen LogP contribution >= 0.6 is 0 Å². The number of hydrogen-bond acceptors (Lipinski definition) is 5. The van der Waals surface area contributed by atoms with Crippen LogP contribution in [0.4, 0.5) is 0 Å². The first-order chi connectivity index (χ1) is 10.6. The minimum atomic E-state index is -0.0796. The number of likely N-dealkylation sites (N-methyl/N-ethyl adjacent to an activating group) is 1. The Kier molecular flexibility index (Phi) is 3.93. The average Bonchev–Trinajstić information content (AvgIpc) is 3.04. The van der Waals surface area contributed by atoms with E-state index in [1.165, 1.54) is 5.01 Å². The van der Waals surface area contributed by atoms with Crippen molar-refractivity contribution in [3.8, 4) is 0 Å². The van der Waals surface area contributed by atoms with Crippen LogP contribution in [0.2, 0.25) is 0 Å². The SMILES string of the molecule is CN1N=C(C(=O)N2CCN(C)C(c3ncc[nH]3)C2)CCC1=O. The maximum absolute atomic E-state index is 12.6. The molecule has 1 unspecified atom stereocenters. The zero-order valence-corrected chi connectivity index (χ0v) is 12.8. The maximum atomic E-state index is 12.6. The van der Waals surface area contributed by atoms with Crippen molar-refractivity contribution >= 4 is 17.5 Å². The number of hydrogen-bond donors (Lipinski definition) is 1. The molecule has 1 fully saturated rings. The van der Waals surface area contributed by atoms with Gasteiger partial charge in [-0.25, -0.2) is 9.99 Å². The van der Waals surface area contributed by atoms with Crippen LogP contribution in [0.5, 0.6) is 0 Å². The van der Waals surface area contributed by atoms with Gasteiger partial charge in [-0.05, 0) is 7.05 Å². The molecule has 0 aromatic carbocycles. The van der Waals surface area contributed by atoms with E-state index in [9.17, 15) is 9.59 Å². The van der Waals surface area contributed by atoms with Gasteiger partial charge in [-0.15, -0.1) is 0 Å². The average molecular weight is 304 g/mol. The molecule has 2 aliphatic rings. The lowest BCUT2D eigenvalue weighted by atomic mass is 10.1. The number of hydrazone groups is 1. The van der Waals surface area contributed by atoms with Crippen LogP contribution in [0.1, 0.15) is 24.7 Å². The third-order valence-electron chi connectivity index (χ3n) is 4.22. The number of piperazine rings is 1. The first-order valence-corrected chi connectivity index (χ1v) is 7.39. The molecule has 1 aromatic heterocycles. The van der Waals surface area contributed by atoms with Crippen LogP contribution in [0.3, 0.4) is 0 Å². The number of aromatic amines is 1. The van der Waals surface area contributed by atoms with Gasteiger partial charge in [-0.3, -0.25) is 14.5 Å². The molecule has 3 heterocycles. The van der Waals surface area contributed by atoms with E-state index in [1.54, 1.807) is 24.3 Å². The summed E-state index contributed by atoms with van der Waals surface area (Å²) in [5, 5.41) is 5.38. The summed E-state index contributed by atoms with van der Waals surface area (Å²) >= 11 is 0. The van der Waals surface area contributed by atoms with Crippen LogP contribution in [-0.4, -0.2) is 76.0 Å². The van der Waals surface area contributed by atoms with Gasteiger partial charge in [-0.1, -0.05) is 0 Å². The van der Waals surface area contributed by atoms with Gasteiger partial charge in [0.25, 0.3) is 5.91 Å². The third kappa shape index (κ3) is 2.74.